The van der Waals surface area contributed by atoms with Crippen LogP contribution in [-0.4, -0.2) is 79.3 Å². The molecule has 14 heteroatoms. The Kier molecular flexibility index (Phi) is 10.9. The Balaban J connectivity index is 1.81. The second-order valence-electron chi connectivity index (χ2n) is 9.97. The molecule has 0 aliphatic carbocycles. The van der Waals surface area contributed by atoms with Crippen molar-refractivity contribution < 1.29 is 38.0 Å². The van der Waals surface area contributed by atoms with Gasteiger partial charge in [0.05, 0.1) is 30.0 Å². The third-order valence-electron chi connectivity index (χ3n) is 6.96. The maximum Gasteiger partial charge on any atom is 0.252 e. The van der Waals surface area contributed by atoms with E-state index in [1.165, 1.54) is 18.2 Å². The number of amides is 1. The van der Waals surface area contributed by atoms with Crippen LogP contribution in [0.1, 0.15) is 30.1 Å². The summed E-state index contributed by atoms with van der Waals surface area (Å²) in [4.78, 5) is 21.7. The number of aliphatic hydroxyl groups is 3. The zero-order chi connectivity index (χ0) is 31.6. The molecule has 3 atom stereocenters. The van der Waals surface area contributed by atoms with Crippen LogP contribution in [0.2, 0.25) is 0 Å². The number of nitrogens with zero attached hydrogens (tertiary/aromatic N) is 4. The summed E-state index contributed by atoms with van der Waals surface area (Å²) < 4.78 is 38.7. The van der Waals surface area contributed by atoms with Gasteiger partial charge in [-0.1, -0.05) is 47.6 Å². The summed E-state index contributed by atoms with van der Waals surface area (Å²) in [5.41, 5.74) is 8.23. The number of nitrogens with one attached hydrogen (secondary N) is 1. The van der Waals surface area contributed by atoms with Crippen LogP contribution in [0, 0.1) is 0 Å². The van der Waals surface area contributed by atoms with Crippen LogP contribution in [0.3, 0.4) is 0 Å². The quantitative estimate of drug-likeness (QED) is 0.0855. The lowest BCUT2D eigenvalue weighted by Gasteiger charge is -2.31. The molecule has 1 heterocycles. The van der Waals surface area contributed by atoms with Crippen molar-refractivity contribution >= 4 is 27.3 Å². The van der Waals surface area contributed by atoms with Gasteiger partial charge in [-0.15, -0.1) is 0 Å². The molecule has 0 saturated carbocycles. The molecule has 0 radical (unpaired) electrons. The van der Waals surface area contributed by atoms with Crippen LogP contribution in [-0.2, 0) is 19.4 Å². The molecule has 0 fully saturated rings. The third-order valence-corrected chi connectivity index (χ3v) is 8.70. The number of hydrogen-bond acceptors (Lipinski definition) is 10. The number of hydrogen-bond donors (Lipinski definition) is 4. The van der Waals surface area contributed by atoms with Gasteiger partial charge >= 0.3 is 0 Å². The van der Waals surface area contributed by atoms with Gasteiger partial charge in [-0.2, -0.15) is 0 Å². The minimum Gasteiger partial charge on any atom is -0.494 e. The molecule has 3 aromatic carbocycles. The van der Waals surface area contributed by atoms with Gasteiger partial charge in [-0.05, 0) is 41.9 Å². The van der Waals surface area contributed by atoms with E-state index in [4.69, 9.17) is 19.6 Å². The first-order chi connectivity index (χ1) is 21.2. The van der Waals surface area contributed by atoms with Gasteiger partial charge in [0.1, 0.15) is 5.75 Å². The van der Waals surface area contributed by atoms with Gasteiger partial charge in [0.25, 0.3) is 5.91 Å². The van der Waals surface area contributed by atoms with E-state index in [2.05, 4.69) is 15.3 Å². The Hall–Kier alpha value is -4.46. The van der Waals surface area contributed by atoms with Crippen LogP contribution in [0.15, 0.2) is 93.9 Å². The van der Waals surface area contributed by atoms with Gasteiger partial charge in [-0.3, -0.25) is 4.79 Å². The fraction of sp³-hybridized carbons (Fsp3) is 0.333. The van der Waals surface area contributed by atoms with Gasteiger partial charge in [0.2, 0.25) is 5.90 Å². The summed E-state index contributed by atoms with van der Waals surface area (Å²) in [5.74, 6) is -0.692. The lowest BCUT2D eigenvalue weighted by atomic mass is 9.84. The molecule has 1 aliphatic heterocycles. The summed E-state index contributed by atoms with van der Waals surface area (Å²) in [5, 5.41) is 34.6. The van der Waals surface area contributed by atoms with Crippen molar-refractivity contribution in [1.29, 1.82) is 0 Å². The summed E-state index contributed by atoms with van der Waals surface area (Å²) in [6, 6.07) is 20.9. The van der Waals surface area contributed by atoms with E-state index >= 15 is 0 Å². The minimum absolute atomic E-state index is 0.0130. The molecule has 4 N–H and O–H groups in total. The normalized spacial score (nSPS) is 18.4. The molecule has 0 saturated heterocycles. The number of aliphatic hydroxyl groups excluding tert-OH is 3. The van der Waals surface area contributed by atoms with Gasteiger partial charge in [0, 0.05) is 47.7 Å². The average molecular weight is 624 g/mol. The van der Waals surface area contributed by atoms with Gasteiger partial charge in [0.15, 0.2) is 21.5 Å². The number of carbonyl (C=O) groups excluding carboxylic acids is 1. The van der Waals surface area contributed by atoms with E-state index in [0.29, 0.717) is 29.9 Å². The number of rotatable bonds is 15. The molecule has 0 bridgehead atoms. The fourth-order valence-electron chi connectivity index (χ4n) is 4.66. The second kappa shape index (κ2) is 14.8. The number of sulfone groups is 1. The Morgan fingerprint density at radius 1 is 1.09 bits per heavy atom. The largest absolute Gasteiger partial charge is 0.494 e. The molecular weight excluding hydrogens is 590 g/mol. The Bertz CT molecular complexity index is 1610. The first-order valence-corrected chi connectivity index (χ1v) is 15.5. The van der Waals surface area contributed by atoms with Crippen LogP contribution >= 0.6 is 0 Å². The van der Waals surface area contributed by atoms with Crippen molar-refractivity contribution in [2.45, 2.75) is 35.5 Å². The highest BCUT2D eigenvalue weighted by molar-refractivity contribution is 7.91. The second-order valence-corrected chi connectivity index (χ2v) is 12.1. The van der Waals surface area contributed by atoms with E-state index in [9.17, 15) is 29.0 Å². The maximum atomic E-state index is 14.0. The summed E-state index contributed by atoms with van der Waals surface area (Å²) in [6.45, 7) is -0.653. The average Bonchev–Trinajstić information content (AvgIpc) is 3.44. The standard InChI is InChI=1S/C30H33N5O8S/c31-35-34-26-10-5-4-9-25(26)27-30(29(39)32-19-22(38)20-37,15-18-44(40,41)24-7-2-1-3-8-24)33-28(43-27)21-11-13-23(14-12-21)42-17-6-16-36/h1-5,7-14,22,27,36-38H,6,15-20H2,(H,32,39)/t22?,27-,30-/m1/s1. The first kappa shape index (κ1) is 32.5. The lowest BCUT2D eigenvalue weighted by Crippen LogP contribution is -2.51. The number of benzene rings is 3. The molecule has 13 nitrogen and oxygen atoms in total. The maximum absolute atomic E-state index is 14.0. The molecule has 4 rings (SSSR count). The zero-order valence-electron chi connectivity index (χ0n) is 23.7. The van der Waals surface area contributed by atoms with Crippen molar-refractivity contribution in [3.05, 3.63) is 100 Å². The Morgan fingerprint density at radius 2 is 1.80 bits per heavy atom. The van der Waals surface area contributed by atoms with E-state index < -0.39 is 45.9 Å². The van der Waals surface area contributed by atoms with Gasteiger partial charge < -0.3 is 30.1 Å². The molecular formula is C30H33N5O8S. The molecule has 1 unspecified atom stereocenters. The lowest BCUT2D eigenvalue weighted by molar-refractivity contribution is -0.129. The van der Waals surface area contributed by atoms with Crippen LogP contribution < -0.4 is 10.1 Å². The van der Waals surface area contributed by atoms with Crippen molar-refractivity contribution in [3.8, 4) is 5.75 Å². The van der Waals surface area contributed by atoms with Crippen molar-refractivity contribution in [2.24, 2.45) is 10.1 Å². The van der Waals surface area contributed by atoms with Crippen LogP contribution in [0.25, 0.3) is 10.4 Å². The highest BCUT2D eigenvalue weighted by atomic mass is 32.2. The third kappa shape index (κ3) is 7.54. The summed E-state index contributed by atoms with van der Waals surface area (Å²) in [7, 11) is -3.89. The molecule has 1 amide bonds. The summed E-state index contributed by atoms with van der Waals surface area (Å²) in [6.07, 6.45) is -2.40. The highest BCUT2D eigenvalue weighted by Crippen LogP contribution is 2.45. The topological polar surface area (TPSA) is 204 Å². The number of azide groups is 1. The number of ether oxygens (including phenoxy) is 2. The van der Waals surface area contributed by atoms with Crippen molar-refractivity contribution in [1.82, 2.24) is 5.32 Å². The molecule has 0 spiro atoms. The first-order valence-electron chi connectivity index (χ1n) is 13.8. The Morgan fingerprint density at radius 3 is 2.48 bits per heavy atom. The predicted octanol–water partition coefficient (Wildman–Crippen LogP) is 2.98. The fourth-order valence-corrected chi connectivity index (χ4v) is 6.05. The zero-order valence-corrected chi connectivity index (χ0v) is 24.5. The van der Waals surface area contributed by atoms with Gasteiger partial charge in [-0.25, -0.2) is 13.4 Å². The van der Waals surface area contributed by atoms with Crippen molar-refractivity contribution in [3.63, 3.8) is 0 Å². The molecule has 3 aromatic rings. The molecule has 0 aromatic heterocycles. The highest BCUT2D eigenvalue weighted by Gasteiger charge is 2.54. The monoisotopic (exact) mass is 623 g/mol. The van der Waals surface area contributed by atoms with Crippen LogP contribution in [0.5, 0.6) is 5.75 Å². The SMILES string of the molecule is [N-]=[N+]=Nc1ccccc1[C@H]1OC(c2ccc(OCCCO)cc2)=N[C@@]1(CCS(=O)(=O)c1ccccc1)C(=O)NCC(O)CO. The van der Waals surface area contributed by atoms with Crippen molar-refractivity contribution in [2.75, 3.05) is 32.1 Å². The summed E-state index contributed by atoms with van der Waals surface area (Å²) >= 11 is 0. The van der Waals surface area contributed by atoms with E-state index in [1.807, 2.05) is 0 Å². The molecule has 1 aliphatic rings. The number of aliphatic imine (C=N–C) groups is 1. The van der Waals surface area contributed by atoms with E-state index in [-0.39, 0.29) is 36.1 Å². The predicted molar refractivity (Wildman–Crippen MR) is 161 cm³/mol. The van der Waals surface area contributed by atoms with E-state index in [1.54, 1.807) is 60.7 Å². The Labute approximate surface area is 254 Å². The molecule has 44 heavy (non-hydrogen) atoms. The minimum atomic E-state index is -3.89. The smallest absolute Gasteiger partial charge is 0.252 e. The van der Waals surface area contributed by atoms with Crippen LogP contribution in [0.4, 0.5) is 5.69 Å². The van der Waals surface area contributed by atoms with E-state index in [0.717, 1.165) is 0 Å². The number of carbonyl (C=O) groups is 1. The molecule has 232 valence electrons.